The fourth-order valence-corrected chi connectivity index (χ4v) is 16.8. The molecular weight excluding hydrogens is 737 g/mol. The van der Waals surface area contributed by atoms with Gasteiger partial charge in [-0.1, -0.05) is 182 Å². The maximum Gasteiger partial charge on any atom is 0.181 e. The Labute approximate surface area is 342 Å². The second kappa shape index (κ2) is 13.1. The first-order valence-corrected chi connectivity index (χ1v) is 22.8. The Hall–Kier alpha value is -6.85. The molecule has 12 rings (SSSR count). The molecule has 0 spiro atoms. The van der Waals surface area contributed by atoms with Crippen LogP contribution in [0, 0.1) is 0 Å². The Bertz CT molecular complexity index is 3330. The summed E-state index contributed by atoms with van der Waals surface area (Å²) in [5.74, 6) is 0. The molecule has 0 saturated carbocycles. The van der Waals surface area contributed by atoms with Crippen molar-refractivity contribution in [3.05, 3.63) is 218 Å². The van der Waals surface area contributed by atoms with Crippen molar-refractivity contribution < 1.29 is 0 Å². The minimum Gasteiger partial charge on any atom is -0.307 e. The smallest absolute Gasteiger partial charge is 0.181 e. The van der Waals surface area contributed by atoms with Gasteiger partial charge in [-0.3, -0.25) is 0 Å². The molecule has 2 nitrogen and oxygen atoms in total. The second-order valence-electron chi connectivity index (χ2n) is 15.2. The lowest BCUT2D eigenvalue weighted by atomic mass is 10.1. The predicted molar refractivity (Wildman–Crippen MR) is 248 cm³/mol. The summed E-state index contributed by atoms with van der Waals surface area (Å²) in [6.07, 6.45) is 0. The predicted octanol–water partition coefficient (Wildman–Crippen LogP) is 11.4. The molecule has 4 heteroatoms. The first-order valence-electron chi connectivity index (χ1n) is 19.9. The molecule has 0 unspecified atom stereocenters. The fraction of sp³-hybridized carbons (Fsp3) is 0. The summed E-state index contributed by atoms with van der Waals surface area (Å²) < 4.78 is 5.04. The highest BCUT2D eigenvalue weighted by Gasteiger charge is 2.47. The highest BCUT2D eigenvalue weighted by Crippen LogP contribution is 2.40. The summed E-state index contributed by atoms with van der Waals surface area (Å²) in [7, 11) is -2.79. The third-order valence-electron chi connectivity index (χ3n) is 12.2. The van der Waals surface area contributed by atoms with Crippen LogP contribution in [0.15, 0.2) is 228 Å². The third kappa shape index (κ3) is 4.79. The summed E-state index contributed by atoms with van der Waals surface area (Å²) in [6, 6.07) is 81.4. The number of benzene rings is 9. The number of fused-ring (bicyclic) bond motifs is 8. The summed E-state index contributed by atoms with van der Waals surface area (Å²) in [6.45, 7) is 0. The van der Waals surface area contributed by atoms with Gasteiger partial charge in [-0.2, -0.15) is 0 Å². The van der Waals surface area contributed by atoms with Gasteiger partial charge in [-0.05, 0) is 80.4 Å². The van der Waals surface area contributed by atoms with Crippen molar-refractivity contribution >= 4 is 84.2 Å². The van der Waals surface area contributed by atoms with Gasteiger partial charge in [0.05, 0.1) is 27.8 Å². The highest BCUT2D eigenvalue weighted by molar-refractivity contribution is 8.00. The largest absolute Gasteiger partial charge is 0.307 e. The average Bonchev–Trinajstić information content (AvgIpc) is 3.82. The van der Waals surface area contributed by atoms with Gasteiger partial charge in [0.1, 0.15) is 0 Å². The minimum atomic E-state index is -2.79. The molecule has 3 heterocycles. The van der Waals surface area contributed by atoms with Gasteiger partial charge in [0.15, 0.2) is 8.07 Å². The van der Waals surface area contributed by atoms with Gasteiger partial charge in [0, 0.05) is 37.0 Å². The van der Waals surface area contributed by atoms with Gasteiger partial charge >= 0.3 is 0 Å². The van der Waals surface area contributed by atoms with Crippen molar-refractivity contribution in [3.8, 4) is 22.5 Å². The van der Waals surface area contributed by atoms with Gasteiger partial charge in [-0.25, -0.2) is 0 Å². The monoisotopic (exact) mass is 772 g/mol. The molecule has 11 aromatic rings. The van der Waals surface area contributed by atoms with Gasteiger partial charge in [0.2, 0.25) is 0 Å². The van der Waals surface area contributed by atoms with E-state index in [9.17, 15) is 0 Å². The number of rotatable bonds is 5. The van der Waals surface area contributed by atoms with E-state index in [4.69, 9.17) is 0 Å². The lowest BCUT2D eigenvalue weighted by Crippen LogP contribution is -2.76. The molecule has 0 radical (unpaired) electrons. The molecule has 272 valence electrons. The van der Waals surface area contributed by atoms with Crippen LogP contribution >= 0.6 is 11.8 Å². The molecule has 0 amide bonds. The molecule has 0 aliphatic carbocycles. The molecular formula is C54H36N2SSi. The third-order valence-corrected chi connectivity index (χ3v) is 18.6. The van der Waals surface area contributed by atoms with E-state index in [0.29, 0.717) is 0 Å². The Kier molecular flexibility index (Phi) is 7.52. The van der Waals surface area contributed by atoms with Crippen molar-refractivity contribution in [1.82, 2.24) is 9.13 Å². The molecule has 9 aromatic carbocycles. The molecule has 58 heavy (non-hydrogen) atoms. The maximum atomic E-state index is 2.56. The van der Waals surface area contributed by atoms with Crippen LogP contribution in [0.2, 0.25) is 0 Å². The van der Waals surface area contributed by atoms with Crippen LogP contribution in [-0.2, 0) is 0 Å². The van der Waals surface area contributed by atoms with E-state index in [1.165, 1.54) is 85.3 Å². The lowest BCUT2D eigenvalue weighted by molar-refractivity contribution is 1.13. The SMILES string of the molecule is c1ccc(-c2cccc(-n3c4ccccc4c4cccc(-n5c6ccccc6c6ccc([Si]7(c8ccccc8)c8ccccc8Sc8ccccc87)cc65)c43)c2)cc1. The number of nitrogens with zero attached hydrogens (tertiary/aromatic N) is 2. The summed E-state index contributed by atoms with van der Waals surface area (Å²) >= 11 is 1.91. The first kappa shape index (κ1) is 33.3. The van der Waals surface area contributed by atoms with Crippen LogP contribution in [0.5, 0.6) is 0 Å². The number of hydrogen-bond donors (Lipinski definition) is 0. The van der Waals surface area contributed by atoms with Crippen LogP contribution < -0.4 is 20.7 Å². The Morgan fingerprint density at radius 1 is 0.345 bits per heavy atom. The van der Waals surface area contributed by atoms with Gasteiger partial charge < -0.3 is 9.13 Å². The standard InChI is InChI=1S/C54H36N2SSi/c1-3-17-37(18-4-1)38-19-15-20-39(35-38)55-46-26-9-8-24-43(46)45-25-16-28-48(54(45)55)56-47-27-10-7-23-42(47)44-34-33-41(36-49(44)56)58(40-21-5-2-6-22-40)52-31-13-11-29-50(52)57-51-30-12-14-32-53(51)58/h1-36H. The zero-order chi connectivity index (χ0) is 38.2. The summed E-state index contributed by atoms with van der Waals surface area (Å²) in [5.41, 5.74) is 9.53. The van der Waals surface area contributed by atoms with Crippen LogP contribution in [0.4, 0.5) is 0 Å². The average molecular weight is 773 g/mol. The molecule has 0 N–H and O–H groups in total. The summed E-state index contributed by atoms with van der Waals surface area (Å²) in [5, 5.41) is 10.7. The maximum absolute atomic E-state index is 2.79. The first-order chi connectivity index (χ1) is 28.8. The highest BCUT2D eigenvalue weighted by atomic mass is 32.2. The molecule has 2 aromatic heterocycles. The normalized spacial score (nSPS) is 13.2. The Morgan fingerprint density at radius 3 is 1.64 bits per heavy atom. The number of para-hydroxylation sites is 3. The summed E-state index contributed by atoms with van der Waals surface area (Å²) in [4.78, 5) is 2.70. The molecule has 0 atom stereocenters. The zero-order valence-corrected chi connectivity index (χ0v) is 33.4. The molecule has 0 fully saturated rings. The van der Waals surface area contributed by atoms with E-state index in [1.807, 2.05) is 11.8 Å². The van der Waals surface area contributed by atoms with Crippen molar-refractivity contribution in [3.63, 3.8) is 0 Å². The minimum absolute atomic E-state index is 1.14. The van der Waals surface area contributed by atoms with E-state index in [0.717, 1.165) is 11.4 Å². The van der Waals surface area contributed by atoms with Crippen molar-refractivity contribution in [2.45, 2.75) is 9.79 Å². The van der Waals surface area contributed by atoms with Crippen molar-refractivity contribution in [2.24, 2.45) is 0 Å². The quantitative estimate of drug-likeness (QED) is 0.158. The number of aromatic nitrogens is 2. The Balaban J connectivity index is 1.20. The van der Waals surface area contributed by atoms with Crippen molar-refractivity contribution in [1.29, 1.82) is 0 Å². The van der Waals surface area contributed by atoms with Crippen molar-refractivity contribution in [2.75, 3.05) is 0 Å². The van der Waals surface area contributed by atoms with Crippen LogP contribution in [0.1, 0.15) is 0 Å². The molecule has 1 aliphatic rings. The lowest BCUT2D eigenvalue weighted by Gasteiger charge is -2.39. The van der Waals surface area contributed by atoms with Crippen LogP contribution in [0.25, 0.3) is 66.1 Å². The van der Waals surface area contributed by atoms with Crippen LogP contribution in [-0.4, -0.2) is 17.2 Å². The van der Waals surface area contributed by atoms with E-state index in [1.54, 1.807) is 0 Å². The van der Waals surface area contributed by atoms with E-state index in [-0.39, 0.29) is 0 Å². The van der Waals surface area contributed by atoms with Gasteiger partial charge in [-0.15, -0.1) is 0 Å². The van der Waals surface area contributed by atoms with E-state index in [2.05, 4.69) is 228 Å². The molecule has 0 bridgehead atoms. The number of hydrogen-bond acceptors (Lipinski definition) is 1. The topological polar surface area (TPSA) is 9.86 Å². The van der Waals surface area contributed by atoms with Crippen LogP contribution in [0.3, 0.4) is 0 Å². The molecule has 0 saturated heterocycles. The van der Waals surface area contributed by atoms with E-state index < -0.39 is 8.07 Å². The second-order valence-corrected chi connectivity index (χ2v) is 20.1. The van der Waals surface area contributed by atoms with E-state index >= 15 is 0 Å². The molecule has 1 aliphatic heterocycles. The Morgan fingerprint density at radius 2 is 0.897 bits per heavy atom. The van der Waals surface area contributed by atoms with Gasteiger partial charge in [0.25, 0.3) is 0 Å². The zero-order valence-electron chi connectivity index (χ0n) is 31.6. The fourth-order valence-electron chi connectivity index (χ4n) is 9.84.